The van der Waals surface area contributed by atoms with Crippen molar-refractivity contribution in [2.45, 2.75) is 79.1 Å². The van der Waals surface area contributed by atoms with Crippen LogP contribution in [-0.2, 0) is 19.1 Å². The van der Waals surface area contributed by atoms with Gasteiger partial charge in [0.05, 0.1) is 25.0 Å². The number of ether oxygens (including phenoxy) is 2. The highest BCUT2D eigenvalue weighted by Gasteiger charge is 2.33. The summed E-state index contributed by atoms with van der Waals surface area (Å²) in [5, 5.41) is 0. The van der Waals surface area contributed by atoms with Crippen LogP contribution in [0.3, 0.4) is 0 Å². The SMILES string of the molecule is CCCC(C)COC(=O)C1CCCC(C(=O)OCC(C)CCC)C1. The van der Waals surface area contributed by atoms with Crippen molar-refractivity contribution in [2.75, 3.05) is 13.2 Å². The number of carbonyl (C=O) groups is 2. The lowest BCUT2D eigenvalue weighted by atomic mass is 9.81. The monoisotopic (exact) mass is 340 g/mol. The Morgan fingerprint density at radius 3 is 1.67 bits per heavy atom. The van der Waals surface area contributed by atoms with Crippen molar-refractivity contribution >= 4 is 11.9 Å². The molecule has 0 radical (unpaired) electrons. The molecule has 0 spiro atoms. The summed E-state index contributed by atoms with van der Waals surface area (Å²) in [7, 11) is 0. The van der Waals surface area contributed by atoms with E-state index in [4.69, 9.17) is 9.47 Å². The molecule has 0 bridgehead atoms. The van der Waals surface area contributed by atoms with Crippen molar-refractivity contribution in [1.29, 1.82) is 0 Å². The second-order valence-electron chi connectivity index (χ2n) is 7.61. The van der Waals surface area contributed by atoms with E-state index in [1.807, 2.05) is 0 Å². The summed E-state index contributed by atoms with van der Waals surface area (Å²) < 4.78 is 10.9. The summed E-state index contributed by atoms with van der Waals surface area (Å²) in [6, 6.07) is 0. The molecule has 4 unspecified atom stereocenters. The molecule has 0 heterocycles. The smallest absolute Gasteiger partial charge is 0.308 e. The molecule has 1 fully saturated rings. The Hall–Kier alpha value is -1.06. The first-order valence-electron chi connectivity index (χ1n) is 9.81. The van der Waals surface area contributed by atoms with Gasteiger partial charge in [-0.1, -0.05) is 47.0 Å². The fraction of sp³-hybridized carbons (Fsp3) is 0.900. The average molecular weight is 341 g/mol. The maximum Gasteiger partial charge on any atom is 0.308 e. The van der Waals surface area contributed by atoms with E-state index in [2.05, 4.69) is 27.7 Å². The minimum Gasteiger partial charge on any atom is -0.465 e. The number of hydrogen-bond donors (Lipinski definition) is 0. The average Bonchev–Trinajstić information content (AvgIpc) is 2.58. The van der Waals surface area contributed by atoms with Gasteiger partial charge < -0.3 is 9.47 Å². The molecule has 0 amide bonds. The second kappa shape index (κ2) is 11.5. The zero-order valence-electron chi connectivity index (χ0n) is 16.0. The Kier molecular flexibility index (Phi) is 10.0. The maximum atomic E-state index is 12.3. The molecule has 1 aliphatic carbocycles. The molecule has 1 aliphatic rings. The predicted molar refractivity (Wildman–Crippen MR) is 95.5 cm³/mol. The molecule has 0 aromatic rings. The molecule has 4 heteroatoms. The van der Waals surface area contributed by atoms with Crippen LogP contribution >= 0.6 is 0 Å². The molecule has 0 saturated heterocycles. The number of esters is 2. The van der Waals surface area contributed by atoms with E-state index >= 15 is 0 Å². The Morgan fingerprint density at radius 1 is 0.875 bits per heavy atom. The molecule has 0 aromatic carbocycles. The van der Waals surface area contributed by atoms with Crippen LogP contribution in [0.4, 0.5) is 0 Å². The predicted octanol–water partition coefficient (Wildman–Crippen LogP) is 4.75. The summed E-state index contributed by atoms with van der Waals surface area (Å²) in [6.45, 7) is 9.47. The standard InChI is InChI=1S/C20H36O4/c1-5-8-15(3)13-23-19(21)17-10-7-11-18(12-17)20(22)24-14-16(4)9-6-2/h15-18H,5-14H2,1-4H3. The molecule has 140 valence electrons. The molecule has 4 atom stereocenters. The summed E-state index contributed by atoms with van der Waals surface area (Å²) in [6.07, 6.45) is 7.50. The molecule has 0 aromatic heterocycles. The van der Waals surface area contributed by atoms with Crippen molar-refractivity contribution in [2.24, 2.45) is 23.7 Å². The Bertz CT molecular complexity index is 346. The van der Waals surface area contributed by atoms with Crippen LogP contribution in [0.1, 0.15) is 79.1 Å². The lowest BCUT2D eigenvalue weighted by Gasteiger charge is -2.27. The van der Waals surface area contributed by atoms with Gasteiger partial charge in [-0.2, -0.15) is 0 Å². The Balaban J connectivity index is 2.37. The quantitative estimate of drug-likeness (QED) is 0.538. The van der Waals surface area contributed by atoms with Gasteiger partial charge in [0, 0.05) is 0 Å². The molecule has 4 nitrogen and oxygen atoms in total. The molecule has 1 rings (SSSR count). The van der Waals surface area contributed by atoms with E-state index in [1.54, 1.807) is 0 Å². The summed E-state index contributed by atoms with van der Waals surface area (Å²) in [4.78, 5) is 24.5. The zero-order chi connectivity index (χ0) is 17.9. The number of carbonyl (C=O) groups excluding carboxylic acids is 2. The third kappa shape index (κ3) is 7.67. The van der Waals surface area contributed by atoms with Gasteiger partial charge in [-0.25, -0.2) is 0 Å². The van der Waals surface area contributed by atoms with Gasteiger partial charge in [0.15, 0.2) is 0 Å². The van der Waals surface area contributed by atoms with Gasteiger partial charge >= 0.3 is 11.9 Å². The minimum absolute atomic E-state index is 0.130. The van der Waals surface area contributed by atoms with Crippen LogP contribution in [0.15, 0.2) is 0 Å². The third-order valence-electron chi connectivity index (χ3n) is 4.92. The lowest BCUT2D eigenvalue weighted by Crippen LogP contribution is -2.31. The first kappa shape index (κ1) is 21.0. The van der Waals surface area contributed by atoms with Crippen LogP contribution in [0, 0.1) is 23.7 Å². The summed E-state index contributed by atoms with van der Waals surface area (Å²) >= 11 is 0. The van der Waals surface area contributed by atoms with E-state index in [0.717, 1.165) is 44.9 Å². The lowest BCUT2D eigenvalue weighted by molar-refractivity contribution is -0.156. The van der Waals surface area contributed by atoms with E-state index in [-0.39, 0.29) is 23.8 Å². The molecule has 0 aliphatic heterocycles. The van der Waals surface area contributed by atoms with Crippen molar-refractivity contribution in [3.05, 3.63) is 0 Å². The van der Waals surface area contributed by atoms with E-state index in [9.17, 15) is 9.59 Å². The molecule has 0 N–H and O–H groups in total. The minimum atomic E-state index is -0.141. The van der Waals surface area contributed by atoms with E-state index in [0.29, 0.717) is 31.5 Å². The summed E-state index contributed by atoms with van der Waals surface area (Å²) in [5.41, 5.74) is 0. The highest BCUT2D eigenvalue weighted by Crippen LogP contribution is 2.31. The van der Waals surface area contributed by atoms with Crippen LogP contribution in [0.2, 0.25) is 0 Å². The fourth-order valence-corrected chi connectivity index (χ4v) is 3.45. The topological polar surface area (TPSA) is 52.6 Å². The number of rotatable bonds is 10. The normalized spacial score (nSPS) is 23.3. The first-order chi connectivity index (χ1) is 11.5. The summed E-state index contributed by atoms with van der Waals surface area (Å²) in [5.74, 6) is 0.271. The highest BCUT2D eigenvalue weighted by molar-refractivity contribution is 5.76. The number of hydrogen-bond acceptors (Lipinski definition) is 4. The Labute approximate surface area is 147 Å². The Morgan fingerprint density at radius 2 is 1.29 bits per heavy atom. The second-order valence-corrected chi connectivity index (χ2v) is 7.61. The van der Waals surface area contributed by atoms with Crippen molar-refractivity contribution in [3.63, 3.8) is 0 Å². The van der Waals surface area contributed by atoms with Crippen LogP contribution in [0.25, 0.3) is 0 Å². The van der Waals surface area contributed by atoms with Crippen molar-refractivity contribution in [1.82, 2.24) is 0 Å². The maximum absolute atomic E-state index is 12.3. The van der Waals surface area contributed by atoms with Gasteiger partial charge in [0.1, 0.15) is 0 Å². The largest absolute Gasteiger partial charge is 0.465 e. The van der Waals surface area contributed by atoms with Gasteiger partial charge in [-0.3, -0.25) is 9.59 Å². The van der Waals surface area contributed by atoms with Crippen molar-refractivity contribution in [3.8, 4) is 0 Å². The van der Waals surface area contributed by atoms with Crippen molar-refractivity contribution < 1.29 is 19.1 Å². The molecular formula is C20H36O4. The van der Waals surface area contributed by atoms with Crippen LogP contribution in [-0.4, -0.2) is 25.2 Å². The first-order valence-corrected chi connectivity index (χ1v) is 9.81. The van der Waals surface area contributed by atoms with Gasteiger partial charge in [0.25, 0.3) is 0 Å². The van der Waals surface area contributed by atoms with E-state index in [1.165, 1.54) is 0 Å². The molecular weight excluding hydrogens is 304 g/mol. The van der Waals surface area contributed by atoms with Crippen LogP contribution in [0.5, 0.6) is 0 Å². The van der Waals surface area contributed by atoms with Gasteiger partial charge in [0.2, 0.25) is 0 Å². The molecule has 1 saturated carbocycles. The van der Waals surface area contributed by atoms with Gasteiger partial charge in [-0.15, -0.1) is 0 Å². The van der Waals surface area contributed by atoms with Gasteiger partial charge in [-0.05, 0) is 43.9 Å². The van der Waals surface area contributed by atoms with E-state index < -0.39 is 0 Å². The zero-order valence-corrected chi connectivity index (χ0v) is 16.0. The molecule has 24 heavy (non-hydrogen) atoms. The highest BCUT2D eigenvalue weighted by atomic mass is 16.5. The fourth-order valence-electron chi connectivity index (χ4n) is 3.45. The third-order valence-corrected chi connectivity index (χ3v) is 4.92. The van der Waals surface area contributed by atoms with Crippen LogP contribution < -0.4 is 0 Å².